The minimum absolute atomic E-state index is 0.127. The second-order valence-electron chi connectivity index (χ2n) is 8.44. The van der Waals surface area contributed by atoms with Crippen molar-refractivity contribution < 1.29 is 4.79 Å². The van der Waals surface area contributed by atoms with Gasteiger partial charge in [-0.2, -0.15) is 0 Å². The highest BCUT2D eigenvalue weighted by molar-refractivity contribution is 5.94. The van der Waals surface area contributed by atoms with Gasteiger partial charge in [0.05, 0.1) is 11.6 Å². The Morgan fingerprint density at radius 3 is 2.76 bits per heavy atom. The highest BCUT2D eigenvalue weighted by Gasteiger charge is 2.22. The smallest absolute Gasteiger partial charge is 0.224 e. The second-order valence-corrected chi connectivity index (χ2v) is 8.44. The van der Waals surface area contributed by atoms with Crippen molar-refractivity contribution in [2.24, 2.45) is 5.92 Å². The van der Waals surface area contributed by atoms with Crippen molar-refractivity contribution in [1.29, 1.82) is 0 Å². The molecule has 0 bridgehead atoms. The lowest BCUT2D eigenvalue weighted by Crippen LogP contribution is -2.15. The first-order chi connectivity index (χ1) is 14.2. The third-order valence-electron chi connectivity index (χ3n) is 6.38. The van der Waals surface area contributed by atoms with Crippen molar-refractivity contribution in [2.75, 3.05) is 10.6 Å². The van der Waals surface area contributed by atoms with E-state index in [2.05, 4.69) is 41.0 Å². The zero-order valence-electron chi connectivity index (χ0n) is 16.7. The molecule has 0 saturated heterocycles. The molecule has 2 aliphatic carbocycles. The van der Waals surface area contributed by atoms with Crippen molar-refractivity contribution in [2.45, 2.75) is 51.0 Å². The van der Waals surface area contributed by atoms with Crippen LogP contribution in [0, 0.1) is 5.92 Å². The van der Waals surface area contributed by atoms with Crippen LogP contribution in [0.3, 0.4) is 0 Å². The standard InChI is InChI=1S/C25H27N3O/c29-25(15-17-5-1-2-6-17)26-20-11-13-22-19(16-20)10-14-24(27-22)28-23-12-9-18-7-3-4-8-21(18)23/h3-4,7-8,10-11,13-14,16-17,23H,1-2,5-6,9,12,15H2,(H,26,29)(H,27,28)/t23-/m1/s1. The number of pyridine rings is 1. The number of carbonyl (C=O) groups is 1. The van der Waals surface area contributed by atoms with Gasteiger partial charge in [-0.1, -0.05) is 37.1 Å². The van der Waals surface area contributed by atoms with Gasteiger partial charge in [-0.3, -0.25) is 4.79 Å². The number of benzene rings is 2. The van der Waals surface area contributed by atoms with E-state index < -0.39 is 0 Å². The number of aryl methyl sites for hydroxylation is 1. The maximum Gasteiger partial charge on any atom is 0.224 e. The van der Waals surface area contributed by atoms with Gasteiger partial charge in [-0.05, 0) is 73.1 Å². The van der Waals surface area contributed by atoms with Gasteiger partial charge < -0.3 is 10.6 Å². The average molecular weight is 386 g/mol. The lowest BCUT2D eigenvalue weighted by Gasteiger charge is -2.15. The number of hydrogen-bond donors (Lipinski definition) is 2. The summed E-state index contributed by atoms with van der Waals surface area (Å²) < 4.78 is 0. The first kappa shape index (κ1) is 18.2. The molecule has 0 unspecified atom stereocenters. The molecule has 5 rings (SSSR count). The summed E-state index contributed by atoms with van der Waals surface area (Å²) >= 11 is 0. The van der Waals surface area contributed by atoms with E-state index in [1.165, 1.54) is 36.8 Å². The molecule has 2 aliphatic rings. The Labute approximate surface area is 171 Å². The third kappa shape index (κ3) is 3.98. The van der Waals surface area contributed by atoms with Crippen molar-refractivity contribution in [3.63, 3.8) is 0 Å². The van der Waals surface area contributed by atoms with Gasteiger partial charge in [0.25, 0.3) is 0 Å². The quantitative estimate of drug-likeness (QED) is 0.579. The van der Waals surface area contributed by atoms with Crippen LogP contribution in [-0.2, 0) is 11.2 Å². The van der Waals surface area contributed by atoms with Crippen LogP contribution in [0.15, 0.2) is 54.6 Å². The molecule has 1 aromatic heterocycles. The summed E-state index contributed by atoms with van der Waals surface area (Å²) in [5, 5.41) is 7.70. The highest BCUT2D eigenvalue weighted by atomic mass is 16.1. The molecular weight excluding hydrogens is 358 g/mol. The fraction of sp³-hybridized carbons (Fsp3) is 0.360. The number of aromatic nitrogens is 1. The van der Waals surface area contributed by atoms with Crippen LogP contribution in [0.1, 0.15) is 55.7 Å². The van der Waals surface area contributed by atoms with Crippen LogP contribution in [0.25, 0.3) is 10.9 Å². The summed E-state index contributed by atoms with van der Waals surface area (Å²) in [5.41, 5.74) is 4.61. The molecule has 0 radical (unpaired) electrons. The number of nitrogens with zero attached hydrogens (tertiary/aromatic N) is 1. The van der Waals surface area contributed by atoms with Crippen molar-refractivity contribution in [3.05, 3.63) is 65.7 Å². The Morgan fingerprint density at radius 2 is 1.86 bits per heavy atom. The first-order valence-electron chi connectivity index (χ1n) is 10.8. The molecule has 148 valence electrons. The third-order valence-corrected chi connectivity index (χ3v) is 6.38. The van der Waals surface area contributed by atoms with Gasteiger partial charge in [-0.15, -0.1) is 0 Å². The lowest BCUT2D eigenvalue weighted by molar-refractivity contribution is -0.117. The van der Waals surface area contributed by atoms with E-state index in [0.29, 0.717) is 18.4 Å². The van der Waals surface area contributed by atoms with Crippen LogP contribution in [0.5, 0.6) is 0 Å². The molecule has 4 nitrogen and oxygen atoms in total. The number of hydrogen-bond acceptors (Lipinski definition) is 3. The zero-order chi connectivity index (χ0) is 19.6. The number of anilines is 2. The molecule has 1 fully saturated rings. The Bertz CT molecular complexity index is 1040. The number of nitrogens with one attached hydrogen (secondary N) is 2. The number of fused-ring (bicyclic) bond motifs is 2. The van der Waals surface area contributed by atoms with Crippen molar-refractivity contribution in [3.8, 4) is 0 Å². The van der Waals surface area contributed by atoms with E-state index >= 15 is 0 Å². The van der Waals surface area contributed by atoms with E-state index in [1.54, 1.807) is 0 Å². The largest absolute Gasteiger partial charge is 0.363 e. The number of rotatable bonds is 5. The molecule has 0 spiro atoms. The predicted molar refractivity (Wildman–Crippen MR) is 118 cm³/mol. The van der Waals surface area contributed by atoms with Crippen molar-refractivity contribution >= 4 is 28.3 Å². The first-order valence-corrected chi connectivity index (χ1v) is 10.8. The van der Waals surface area contributed by atoms with Gasteiger partial charge in [-0.25, -0.2) is 4.98 Å². The average Bonchev–Trinajstić information content (AvgIpc) is 3.38. The van der Waals surface area contributed by atoms with E-state index in [4.69, 9.17) is 4.98 Å². The van der Waals surface area contributed by atoms with Gasteiger partial charge in [0.1, 0.15) is 5.82 Å². The molecule has 3 aromatic rings. The molecule has 1 atom stereocenters. The normalized spacial score (nSPS) is 18.7. The van der Waals surface area contributed by atoms with Crippen molar-refractivity contribution in [1.82, 2.24) is 4.98 Å². The molecule has 2 N–H and O–H groups in total. The Kier molecular flexibility index (Phi) is 4.92. The summed E-state index contributed by atoms with van der Waals surface area (Å²) in [6, 6.07) is 19.1. The van der Waals surface area contributed by atoms with Crippen LogP contribution in [0.4, 0.5) is 11.5 Å². The lowest BCUT2D eigenvalue weighted by atomic mass is 10.0. The minimum Gasteiger partial charge on any atom is -0.363 e. The topological polar surface area (TPSA) is 54.0 Å². The summed E-state index contributed by atoms with van der Waals surface area (Å²) in [7, 11) is 0. The van der Waals surface area contributed by atoms with E-state index in [0.717, 1.165) is 35.2 Å². The van der Waals surface area contributed by atoms with Crippen LogP contribution < -0.4 is 10.6 Å². The molecule has 1 saturated carbocycles. The highest BCUT2D eigenvalue weighted by Crippen LogP contribution is 2.33. The molecule has 1 amide bonds. The maximum atomic E-state index is 12.3. The Balaban J connectivity index is 1.28. The van der Waals surface area contributed by atoms with E-state index in [1.807, 2.05) is 24.3 Å². The summed E-state index contributed by atoms with van der Waals surface area (Å²) in [6.45, 7) is 0. The van der Waals surface area contributed by atoms with Gasteiger partial charge >= 0.3 is 0 Å². The fourth-order valence-corrected chi connectivity index (χ4v) is 4.86. The molecular formula is C25H27N3O. The minimum atomic E-state index is 0.127. The molecule has 1 heterocycles. The molecule has 2 aromatic carbocycles. The Morgan fingerprint density at radius 1 is 1.00 bits per heavy atom. The van der Waals surface area contributed by atoms with Gasteiger partial charge in [0.15, 0.2) is 0 Å². The monoisotopic (exact) mass is 385 g/mol. The molecule has 0 aliphatic heterocycles. The number of carbonyl (C=O) groups excluding carboxylic acids is 1. The number of amides is 1. The maximum absolute atomic E-state index is 12.3. The van der Waals surface area contributed by atoms with Gasteiger partial charge in [0.2, 0.25) is 5.91 Å². The summed E-state index contributed by atoms with van der Waals surface area (Å²) in [6.07, 6.45) is 7.77. The molecule has 4 heteroatoms. The van der Waals surface area contributed by atoms with Gasteiger partial charge in [0, 0.05) is 17.5 Å². The second kappa shape index (κ2) is 7.86. The van der Waals surface area contributed by atoms with Crippen LogP contribution in [-0.4, -0.2) is 10.9 Å². The fourth-order valence-electron chi connectivity index (χ4n) is 4.86. The zero-order valence-corrected chi connectivity index (χ0v) is 16.7. The van der Waals surface area contributed by atoms with E-state index in [-0.39, 0.29) is 5.91 Å². The summed E-state index contributed by atoms with van der Waals surface area (Å²) in [4.78, 5) is 17.1. The SMILES string of the molecule is O=C(CC1CCCC1)Nc1ccc2nc(N[C@@H]3CCc4ccccc43)ccc2c1. The van der Waals surface area contributed by atoms with E-state index in [9.17, 15) is 4.79 Å². The predicted octanol–water partition coefficient (Wildman–Crippen LogP) is 5.85. The Hall–Kier alpha value is -2.88. The molecule has 29 heavy (non-hydrogen) atoms. The summed E-state index contributed by atoms with van der Waals surface area (Å²) in [5.74, 6) is 1.59. The van der Waals surface area contributed by atoms with Crippen LogP contribution >= 0.6 is 0 Å². The van der Waals surface area contributed by atoms with Crippen LogP contribution in [0.2, 0.25) is 0 Å².